The van der Waals surface area contributed by atoms with Crippen molar-refractivity contribution in [3.63, 3.8) is 0 Å². The van der Waals surface area contributed by atoms with Gasteiger partial charge in [0.15, 0.2) is 6.54 Å². The Morgan fingerprint density at radius 3 is 2.55 bits per heavy atom. The predicted molar refractivity (Wildman–Crippen MR) is 96.3 cm³/mol. The second-order valence-electron chi connectivity index (χ2n) is 5.69. The maximum absolute atomic E-state index is 12.3. The van der Waals surface area contributed by atoms with Gasteiger partial charge in [-0.2, -0.15) is 4.80 Å². The third kappa shape index (κ3) is 5.67. The minimum absolute atomic E-state index is 0.170. The van der Waals surface area contributed by atoms with E-state index in [1.54, 1.807) is 31.2 Å². The standard InChI is InChI=1S/C18H16F3N5O3/c1-2-28-16(27)11-26-24-17(23-25-26)14-5-3-4-6-15(14)22-12-7-9-13(10-8-12)29-18(19,20)21/h3-10,22H,2,11H2,1H3. The zero-order valence-electron chi connectivity index (χ0n) is 15.2. The number of para-hydroxylation sites is 1. The number of benzene rings is 2. The lowest BCUT2D eigenvalue weighted by atomic mass is 10.1. The van der Waals surface area contributed by atoms with Crippen LogP contribution in [0.3, 0.4) is 0 Å². The van der Waals surface area contributed by atoms with E-state index in [2.05, 4.69) is 25.5 Å². The molecular weight excluding hydrogens is 391 g/mol. The summed E-state index contributed by atoms with van der Waals surface area (Å²) in [6, 6.07) is 12.3. The van der Waals surface area contributed by atoms with Crippen LogP contribution in [0.25, 0.3) is 11.4 Å². The summed E-state index contributed by atoms with van der Waals surface area (Å²) >= 11 is 0. The molecule has 3 rings (SSSR count). The highest BCUT2D eigenvalue weighted by atomic mass is 19.4. The minimum atomic E-state index is -4.75. The molecule has 0 aliphatic rings. The first-order valence-corrected chi connectivity index (χ1v) is 8.49. The number of nitrogens with zero attached hydrogens (tertiary/aromatic N) is 4. The summed E-state index contributed by atoms with van der Waals surface area (Å²) in [4.78, 5) is 12.7. The molecule has 0 saturated carbocycles. The smallest absolute Gasteiger partial charge is 0.465 e. The first-order chi connectivity index (χ1) is 13.8. The number of hydrogen-bond acceptors (Lipinski definition) is 7. The number of alkyl halides is 3. The van der Waals surface area contributed by atoms with E-state index in [0.717, 1.165) is 4.80 Å². The van der Waals surface area contributed by atoms with Gasteiger partial charge >= 0.3 is 12.3 Å². The van der Waals surface area contributed by atoms with Crippen LogP contribution in [-0.4, -0.2) is 39.1 Å². The first kappa shape index (κ1) is 20.1. The third-order valence-corrected chi connectivity index (χ3v) is 3.56. The van der Waals surface area contributed by atoms with Crippen LogP contribution in [0.2, 0.25) is 0 Å². The maximum Gasteiger partial charge on any atom is 0.573 e. The fraction of sp³-hybridized carbons (Fsp3) is 0.222. The number of aromatic nitrogens is 4. The van der Waals surface area contributed by atoms with Crippen molar-refractivity contribution in [3.05, 3.63) is 48.5 Å². The summed E-state index contributed by atoms with van der Waals surface area (Å²) in [7, 11) is 0. The van der Waals surface area contributed by atoms with Crippen molar-refractivity contribution < 1.29 is 27.4 Å². The molecule has 0 spiro atoms. The van der Waals surface area contributed by atoms with Gasteiger partial charge in [0.25, 0.3) is 0 Å². The van der Waals surface area contributed by atoms with Crippen LogP contribution in [0.1, 0.15) is 6.92 Å². The Morgan fingerprint density at radius 2 is 1.86 bits per heavy atom. The van der Waals surface area contributed by atoms with Crippen molar-refractivity contribution in [3.8, 4) is 17.1 Å². The Bertz CT molecular complexity index is 973. The zero-order chi connectivity index (χ0) is 20.9. The predicted octanol–water partition coefficient (Wildman–Crippen LogP) is 3.55. The van der Waals surface area contributed by atoms with E-state index in [1.807, 2.05) is 0 Å². The number of tetrazole rings is 1. The summed E-state index contributed by atoms with van der Waals surface area (Å²) in [5.41, 5.74) is 1.73. The van der Waals surface area contributed by atoms with Crippen LogP contribution >= 0.6 is 0 Å². The van der Waals surface area contributed by atoms with Crippen molar-refractivity contribution in [1.29, 1.82) is 0 Å². The molecule has 3 aromatic rings. The highest BCUT2D eigenvalue weighted by molar-refractivity contribution is 5.77. The summed E-state index contributed by atoms with van der Waals surface area (Å²) in [5, 5.41) is 15.0. The van der Waals surface area contributed by atoms with Crippen LogP contribution in [0.5, 0.6) is 5.75 Å². The lowest BCUT2D eigenvalue weighted by Crippen LogP contribution is -2.16. The lowest BCUT2D eigenvalue weighted by molar-refractivity contribution is -0.274. The molecule has 0 aliphatic carbocycles. The van der Waals surface area contributed by atoms with Gasteiger partial charge in [0.1, 0.15) is 5.75 Å². The highest BCUT2D eigenvalue weighted by Gasteiger charge is 2.30. The molecule has 2 aromatic carbocycles. The van der Waals surface area contributed by atoms with Gasteiger partial charge in [0.2, 0.25) is 5.82 Å². The molecule has 1 aromatic heterocycles. The van der Waals surface area contributed by atoms with Gasteiger partial charge in [-0.25, -0.2) is 4.79 Å². The van der Waals surface area contributed by atoms with Gasteiger partial charge in [0, 0.05) is 16.9 Å². The summed E-state index contributed by atoms with van der Waals surface area (Å²) in [6.45, 7) is 1.78. The number of carbonyl (C=O) groups is 1. The average Bonchev–Trinajstić information content (AvgIpc) is 3.11. The van der Waals surface area contributed by atoms with Crippen molar-refractivity contribution >= 4 is 17.3 Å². The number of esters is 1. The summed E-state index contributed by atoms with van der Waals surface area (Å²) in [6.07, 6.45) is -4.75. The number of halogens is 3. The fourth-order valence-corrected chi connectivity index (χ4v) is 2.42. The van der Waals surface area contributed by atoms with Gasteiger partial charge in [-0.3, -0.25) is 0 Å². The fourth-order valence-electron chi connectivity index (χ4n) is 2.42. The molecule has 0 amide bonds. The molecule has 11 heteroatoms. The van der Waals surface area contributed by atoms with Gasteiger partial charge in [-0.05, 0) is 48.5 Å². The van der Waals surface area contributed by atoms with E-state index in [1.165, 1.54) is 24.3 Å². The van der Waals surface area contributed by atoms with Crippen molar-refractivity contribution in [2.75, 3.05) is 11.9 Å². The van der Waals surface area contributed by atoms with E-state index in [0.29, 0.717) is 16.9 Å². The highest BCUT2D eigenvalue weighted by Crippen LogP contribution is 2.29. The zero-order valence-corrected chi connectivity index (χ0v) is 15.2. The van der Waals surface area contributed by atoms with E-state index < -0.39 is 12.3 Å². The van der Waals surface area contributed by atoms with Crippen molar-refractivity contribution in [2.24, 2.45) is 0 Å². The van der Waals surface area contributed by atoms with Crippen molar-refractivity contribution in [1.82, 2.24) is 20.2 Å². The molecule has 29 heavy (non-hydrogen) atoms. The molecule has 0 unspecified atom stereocenters. The van der Waals surface area contributed by atoms with Gasteiger partial charge in [0.05, 0.1) is 6.61 Å². The van der Waals surface area contributed by atoms with Crippen LogP contribution in [0.4, 0.5) is 24.5 Å². The molecule has 1 N–H and O–H groups in total. The monoisotopic (exact) mass is 407 g/mol. The minimum Gasteiger partial charge on any atom is -0.465 e. The average molecular weight is 407 g/mol. The van der Waals surface area contributed by atoms with Gasteiger partial charge < -0.3 is 14.8 Å². The van der Waals surface area contributed by atoms with Crippen molar-refractivity contribution in [2.45, 2.75) is 19.8 Å². The number of nitrogens with one attached hydrogen (secondary N) is 1. The SMILES string of the molecule is CCOC(=O)Cn1nnc(-c2ccccc2Nc2ccc(OC(F)(F)F)cc2)n1. The Morgan fingerprint density at radius 1 is 1.14 bits per heavy atom. The molecule has 0 radical (unpaired) electrons. The molecule has 8 nitrogen and oxygen atoms in total. The number of rotatable bonds is 7. The number of anilines is 2. The Hall–Kier alpha value is -3.63. The largest absolute Gasteiger partial charge is 0.573 e. The Labute approximate surface area is 163 Å². The normalized spacial score (nSPS) is 11.2. The molecule has 0 atom stereocenters. The molecule has 0 bridgehead atoms. The molecule has 0 saturated heterocycles. The molecule has 0 fully saturated rings. The lowest BCUT2D eigenvalue weighted by Gasteiger charge is -2.12. The topological polar surface area (TPSA) is 91.2 Å². The van der Waals surface area contributed by atoms with Crippen LogP contribution in [0.15, 0.2) is 48.5 Å². The number of carbonyl (C=O) groups excluding carboxylic acids is 1. The van der Waals surface area contributed by atoms with Crippen LogP contribution in [-0.2, 0) is 16.1 Å². The summed E-state index contributed by atoms with van der Waals surface area (Å²) in [5.74, 6) is -0.529. The number of ether oxygens (including phenoxy) is 2. The third-order valence-electron chi connectivity index (χ3n) is 3.56. The summed E-state index contributed by atoms with van der Waals surface area (Å²) < 4.78 is 45.5. The molecular formula is C18H16F3N5O3. The quantitative estimate of drug-likeness (QED) is 0.599. The maximum atomic E-state index is 12.3. The molecule has 152 valence electrons. The van der Waals surface area contributed by atoms with Gasteiger partial charge in [-0.15, -0.1) is 23.4 Å². The van der Waals surface area contributed by atoms with E-state index in [4.69, 9.17) is 4.74 Å². The van der Waals surface area contributed by atoms with E-state index in [-0.39, 0.29) is 24.7 Å². The van der Waals surface area contributed by atoms with Crippen LogP contribution in [0, 0.1) is 0 Å². The second kappa shape index (κ2) is 8.59. The second-order valence-corrected chi connectivity index (χ2v) is 5.69. The molecule has 1 heterocycles. The van der Waals surface area contributed by atoms with Crippen LogP contribution < -0.4 is 10.1 Å². The van der Waals surface area contributed by atoms with E-state index >= 15 is 0 Å². The van der Waals surface area contributed by atoms with E-state index in [9.17, 15) is 18.0 Å². The Kier molecular flexibility index (Phi) is 5.96. The molecule has 0 aliphatic heterocycles. The number of hydrogen-bond donors (Lipinski definition) is 1. The van der Waals surface area contributed by atoms with Gasteiger partial charge in [-0.1, -0.05) is 12.1 Å². The Balaban J connectivity index is 1.76. The first-order valence-electron chi connectivity index (χ1n) is 8.49.